The highest BCUT2D eigenvalue weighted by atomic mass is 31.2. The zero-order valence-electron chi connectivity index (χ0n) is 37.5. The molecule has 6 N–H and O–H groups in total. The smallest absolute Gasteiger partial charge is 0.394 e. The lowest BCUT2D eigenvalue weighted by Gasteiger charge is -2.36. The Balaban J connectivity index is 2.00. The van der Waals surface area contributed by atoms with E-state index in [1.54, 1.807) is 13.8 Å². The first-order valence-corrected chi connectivity index (χ1v) is 23.2. The van der Waals surface area contributed by atoms with Crippen LogP contribution in [-0.2, 0) is 36.8 Å². The molecule has 0 spiro atoms. The molecule has 0 aromatic carbocycles. The van der Waals surface area contributed by atoms with Crippen LogP contribution in [0.3, 0.4) is 0 Å². The maximum absolute atomic E-state index is 13.1. The van der Waals surface area contributed by atoms with E-state index in [1.807, 2.05) is 140 Å². The van der Waals surface area contributed by atoms with E-state index in [0.717, 1.165) is 33.4 Å². The maximum atomic E-state index is 13.1. The van der Waals surface area contributed by atoms with Gasteiger partial charge in [-0.2, -0.15) is 0 Å². The molecule has 0 bridgehead atoms. The van der Waals surface area contributed by atoms with Crippen LogP contribution in [0.1, 0.15) is 82.1 Å². The summed E-state index contributed by atoms with van der Waals surface area (Å²) in [5, 5.41) is 36.7. The standard InChI is InChI=1S/C46H66O14P2/c1-31(17-13-19-33(3)21-23-39-35(5)43(51)41(25-45(39,7)8)59-61(53,54)57-29-37(49)27-47)15-11-12-16-32(2)18-14-20-34(4)22-24-40-36(6)44(52)42(26-46(40,9)10)60-62(55,56)58-30-38(50)28-48/h11-24,37-38,41-42,47-50H,25-30H2,1-10H3,(H,53,54)(H,55,56)/b12-11+,17-13+,18-14+,23-21+,24-22+,31-15+,32-16+,33-19+,34-20+. The molecular weight excluding hydrogens is 838 g/mol. The zero-order valence-corrected chi connectivity index (χ0v) is 39.3. The van der Waals surface area contributed by atoms with Crippen molar-refractivity contribution < 1.29 is 67.0 Å². The van der Waals surface area contributed by atoms with Gasteiger partial charge in [0.15, 0.2) is 11.6 Å². The average Bonchev–Trinajstić information content (AvgIpc) is 3.18. The van der Waals surface area contributed by atoms with Crippen LogP contribution < -0.4 is 0 Å². The molecule has 0 radical (unpaired) electrons. The summed E-state index contributed by atoms with van der Waals surface area (Å²) in [7, 11) is -9.31. The van der Waals surface area contributed by atoms with Crippen molar-refractivity contribution in [2.24, 2.45) is 10.8 Å². The van der Waals surface area contributed by atoms with Crippen molar-refractivity contribution in [3.8, 4) is 0 Å². The lowest BCUT2D eigenvalue weighted by Crippen LogP contribution is -2.37. The molecule has 62 heavy (non-hydrogen) atoms. The van der Waals surface area contributed by atoms with Gasteiger partial charge in [-0.15, -0.1) is 0 Å². The van der Waals surface area contributed by atoms with Crippen molar-refractivity contribution in [1.82, 2.24) is 0 Å². The van der Waals surface area contributed by atoms with Crippen molar-refractivity contribution >= 4 is 27.2 Å². The minimum absolute atomic E-state index is 0.142. The Kier molecular flexibility index (Phi) is 21.7. The summed E-state index contributed by atoms with van der Waals surface area (Å²) in [4.78, 5) is 46.3. The number of carbonyl (C=O) groups excluding carboxylic acids is 2. The number of rotatable bonds is 22. The molecule has 0 amide bonds. The Labute approximate surface area is 366 Å². The molecule has 0 saturated carbocycles. The zero-order chi connectivity index (χ0) is 47.1. The molecular formula is C46H66O14P2. The van der Waals surface area contributed by atoms with Crippen molar-refractivity contribution in [1.29, 1.82) is 0 Å². The molecule has 6 atom stereocenters. The van der Waals surface area contributed by atoms with Crippen molar-refractivity contribution in [2.45, 2.75) is 106 Å². The predicted molar refractivity (Wildman–Crippen MR) is 240 cm³/mol. The normalized spacial score (nSPS) is 24.1. The summed E-state index contributed by atoms with van der Waals surface area (Å²) in [6, 6.07) is 0. The Hall–Kier alpha value is -3.46. The lowest BCUT2D eigenvalue weighted by molar-refractivity contribution is -0.125. The van der Waals surface area contributed by atoms with Crippen LogP contribution in [0.15, 0.2) is 130 Å². The van der Waals surface area contributed by atoms with Crippen LogP contribution >= 0.6 is 15.6 Å². The van der Waals surface area contributed by atoms with E-state index >= 15 is 0 Å². The summed E-state index contributed by atoms with van der Waals surface area (Å²) in [5.41, 5.74) is 5.19. The SMILES string of the molecule is CC1=C(/C=C/C(C)=C/C=C/C(C)=C/C=C/C=C(C)/C=C/C=C(C)/C=C/C2=C(C)C(=O)C(OP(=O)(O)OCC(O)CO)CC2(C)C)C(C)(C)CC(OP(=O)(O)OCC(O)CO)C1=O. The number of phosphoric ester groups is 2. The molecule has 2 aliphatic carbocycles. The molecule has 0 heterocycles. The number of hydrogen-bond acceptors (Lipinski definition) is 12. The van der Waals surface area contributed by atoms with E-state index in [9.17, 15) is 38.7 Å². The molecule has 2 rings (SSSR count). The van der Waals surface area contributed by atoms with Gasteiger partial charge in [0.05, 0.1) is 26.4 Å². The fraction of sp³-hybridized carbons (Fsp3) is 0.478. The van der Waals surface area contributed by atoms with E-state index in [-0.39, 0.29) is 12.8 Å². The fourth-order valence-electron chi connectivity index (χ4n) is 6.59. The molecule has 14 nitrogen and oxygen atoms in total. The molecule has 6 unspecified atom stereocenters. The van der Waals surface area contributed by atoms with Gasteiger partial charge >= 0.3 is 15.6 Å². The fourth-order valence-corrected chi connectivity index (χ4v) is 8.41. The quantitative estimate of drug-likeness (QED) is 0.0449. The summed E-state index contributed by atoms with van der Waals surface area (Å²) >= 11 is 0. The molecule has 344 valence electrons. The second kappa shape index (κ2) is 24.6. The van der Waals surface area contributed by atoms with Crippen LogP contribution in [0.5, 0.6) is 0 Å². The highest BCUT2D eigenvalue weighted by molar-refractivity contribution is 7.47. The van der Waals surface area contributed by atoms with Crippen LogP contribution in [0.2, 0.25) is 0 Å². The number of Topliss-reactive ketones (excluding diaryl/α,β-unsaturated/α-hetero) is 2. The molecule has 0 saturated heterocycles. The first-order chi connectivity index (χ1) is 28.7. The lowest BCUT2D eigenvalue weighted by atomic mass is 9.71. The van der Waals surface area contributed by atoms with E-state index in [2.05, 4.69) is 0 Å². The number of hydrogen-bond donors (Lipinski definition) is 6. The largest absolute Gasteiger partial charge is 0.472 e. The van der Waals surface area contributed by atoms with Gasteiger partial charge in [0, 0.05) is 0 Å². The van der Waals surface area contributed by atoms with Crippen molar-refractivity contribution in [3.05, 3.63) is 130 Å². The molecule has 0 aliphatic heterocycles. The summed E-state index contributed by atoms with van der Waals surface area (Å²) in [6.45, 7) is 16.3. The van der Waals surface area contributed by atoms with Crippen LogP contribution in [0, 0.1) is 10.8 Å². The highest BCUT2D eigenvalue weighted by Crippen LogP contribution is 2.51. The van der Waals surface area contributed by atoms with E-state index in [4.69, 9.17) is 28.3 Å². The Morgan fingerprint density at radius 2 is 0.919 bits per heavy atom. The first-order valence-electron chi connectivity index (χ1n) is 20.2. The molecule has 0 aromatic heterocycles. The summed E-state index contributed by atoms with van der Waals surface area (Å²) in [5.74, 6) is -0.856. The van der Waals surface area contributed by atoms with Gasteiger partial charge in [0.25, 0.3) is 0 Å². The van der Waals surface area contributed by atoms with Gasteiger partial charge in [0.2, 0.25) is 0 Å². The van der Waals surface area contributed by atoms with Crippen molar-refractivity contribution in [2.75, 3.05) is 26.4 Å². The number of aliphatic hydroxyl groups excluding tert-OH is 4. The highest BCUT2D eigenvalue weighted by Gasteiger charge is 2.43. The van der Waals surface area contributed by atoms with Crippen LogP contribution in [0.4, 0.5) is 0 Å². The third-order valence-electron chi connectivity index (χ3n) is 10.1. The minimum atomic E-state index is -4.66. The third-order valence-corrected chi connectivity index (χ3v) is 12.1. The molecule has 16 heteroatoms. The van der Waals surface area contributed by atoms with Gasteiger partial charge < -0.3 is 30.2 Å². The number of aliphatic hydroxyl groups is 4. The Morgan fingerprint density at radius 3 is 1.24 bits per heavy atom. The number of ketones is 2. The second-order valence-electron chi connectivity index (χ2n) is 16.8. The van der Waals surface area contributed by atoms with Gasteiger partial charge in [-0.1, -0.05) is 135 Å². The summed E-state index contributed by atoms with van der Waals surface area (Å²) in [6.07, 6.45) is 22.3. The average molecular weight is 905 g/mol. The molecule has 2 aliphatic rings. The maximum Gasteiger partial charge on any atom is 0.472 e. The molecule has 0 aromatic rings. The Morgan fingerprint density at radius 1 is 0.613 bits per heavy atom. The number of allylic oxidation sites excluding steroid dienone is 20. The summed E-state index contributed by atoms with van der Waals surface area (Å²) < 4.78 is 44.6. The Bertz CT molecular complexity index is 1910. The topological polar surface area (TPSA) is 227 Å². The minimum Gasteiger partial charge on any atom is -0.394 e. The third kappa shape index (κ3) is 18.3. The van der Waals surface area contributed by atoms with Gasteiger partial charge in [-0.3, -0.25) is 27.7 Å². The monoisotopic (exact) mass is 904 g/mol. The van der Waals surface area contributed by atoms with Gasteiger partial charge in [-0.05, 0) is 87.5 Å². The van der Waals surface area contributed by atoms with Crippen LogP contribution in [-0.4, -0.2) is 92.6 Å². The van der Waals surface area contributed by atoms with Gasteiger partial charge in [0.1, 0.15) is 24.4 Å². The van der Waals surface area contributed by atoms with Crippen LogP contribution in [0.25, 0.3) is 0 Å². The van der Waals surface area contributed by atoms with E-state index in [1.165, 1.54) is 0 Å². The second-order valence-corrected chi connectivity index (χ2v) is 19.6. The van der Waals surface area contributed by atoms with E-state index < -0.39 is 88.9 Å². The van der Waals surface area contributed by atoms with Crippen molar-refractivity contribution in [3.63, 3.8) is 0 Å². The molecule has 0 fully saturated rings. The van der Waals surface area contributed by atoms with Gasteiger partial charge in [-0.25, -0.2) is 9.13 Å². The van der Waals surface area contributed by atoms with E-state index in [0.29, 0.717) is 11.1 Å². The predicted octanol–water partition coefficient (Wildman–Crippen LogP) is 7.89. The number of phosphoric acid groups is 2. The first kappa shape index (κ1) is 54.7. The number of carbonyl (C=O) groups is 2.